The fourth-order valence-electron chi connectivity index (χ4n) is 7.23. The first kappa shape index (κ1) is 19.0. The van der Waals surface area contributed by atoms with Crippen molar-refractivity contribution < 1.29 is 24.9 Å². The third-order valence-corrected chi connectivity index (χ3v) is 8.79. The number of hydrogen-bond donors (Lipinski definition) is 3. The molecule has 3 fully saturated rings. The molecule has 0 saturated heterocycles. The minimum Gasteiger partial charge on any atom is -0.390 e. The maximum Gasteiger partial charge on any atom is 0.178 e. The van der Waals surface area contributed by atoms with Gasteiger partial charge in [0.25, 0.3) is 0 Å². The van der Waals surface area contributed by atoms with E-state index < -0.39 is 28.1 Å². The van der Waals surface area contributed by atoms with E-state index in [1.807, 2.05) is 13.8 Å². The van der Waals surface area contributed by atoms with Crippen LogP contribution in [0.25, 0.3) is 0 Å². The molecular weight excluding hydrogens is 344 g/mol. The molecule has 0 aromatic carbocycles. The molecule has 4 rings (SSSR count). The molecule has 5 nitrogen and oxygen atoms in total. The van der Waals surface area contributed by atoms with Crippen molar-refractivity contribution in [3.8, 4) is 0 Å². The van der Waals surface area contributed by atoms with Gasteiger partial charge in [0.2, 0.25) is 0 Å². The Labute approximate surface area is 160 Å². The molecule has 4 aliphatic carbocycles. The highest BCUT2D eigenvalue weighted by Gasteiger charge is 2.73. The zero-order chi connectivity index (χ0) is 20.0. The second-order valence-corrected chi connectivity index (χ2v) is 9.81. The van der Waals surface area contributed by atoms with Crippen molar-refractivity contribution in [3.05, 3.63) is 23.8 Å². The quantitative estimate of drug-likeness (QED) is 0.652. The van der Waals surface area contributed by atoms with Crippen LogP contribution in [0, 0.1) is 28.6 Å². The third-order valence-electron chi connectivity index (χ3n) is 8.79. The van der Waals surface area contributed by atoms with Gasteiger partial charge in [0, 0.05) is 10.8 Å². The predicted molar refractivity (Wildman–Crippen MR) is 99.6 cm³/mol. The van der Waals surface area contributed by atoms with E-state index in [0.29, 0.717) is 19.3 Å². The molecule has 0 aromatic rings. The minimum absolute atomic E-state index is 0.0633. The summed E-state index contributed by atoms with van der Waals surface area (Å²) < 4.78 is 0. The number of aliphatic hydroxyl groups excluding tert-OH is 1. The number of aliphatic hydroxyl groups is 3. The molecule has 148 valence electrons. The number of fused-ring (bicyclic) bond motifs is 5. The van der Waals surface area contributed by atoms with Gasteiger partial charge >= 0.3 is 0 Å². The van der Waals surface area contributed by atoms with Gasteiger partial charge in [-0.05, 0) is 69.4 Å². The van der Waals surface area contributed by atoms with Gasteiger partial charge in [-0.15, -0.1) is 0 Å². The second kappa shape index (κ2) is 5.40. The largest absolute Gasteiger partial charge is 0.390 e. The molecule has 0 amide bonds. The summed E-state index contributed by atoms with van der Waals surface area (Å²) in [6, 6.07) is 0. The molecule has 8 atom stereocenters. The number of ketones is 2. The first-order valence-electron chi connectivity index (χ1n) is 10.0. The Morgan fingerprint density at radius 3 is 2.52 bits per heavy atom. The van der Waals surface area contributed by atoms with Crippen LogP contribution in [-0.4, -0.2) is 44.2 Å². The maximum atomic E-state index is 12.3. The molecule has 0 heterocycles. The van der Waals surface area contributed by atoms with Crippen LogP contribution in [0.3, 0.4) is 0 Å². The van der Waals surface area contributed by atoms with Crippen molar-refractivity contribution in [1.82, 2.24) is 0 Å². The highest BCUT2D eigenvalue weighted by Crippen LogP contribution is 2.69. The zero-order valence-electron chi connectivity index (χ0n) is 16.5. The molecule has 27 heavy (non-hydrogen) atoms. The number of hydrogen-bond acceptors (Lipinski definition) is 5. The zero-order valence-corrected chi connectivity index (χ0v) is 16.5. The minimum atomic E-state index is -1.46. The van der Waals surface area contributed by atoms with E-state index in [1.54, 1.807) is 12.2 Å². The molecule has 0 bridgehead atoms. The van der Waals surface area contributed by atoms with E-state index >= 15 is 0 Å². The summed E-state index contributed by atoms with van der Waals surface area (Å²) in [5.41, 5.74) is -3.61. The monoisotopic (exact) mass is 374 g/mol. The van der Waals surface area contributed by atoms with Crippen molar-refractivity contribution in [2.45, 2.75) is 70.7 Å². The van der Waals surface area contributed by atoms with Crippen LogP contribution >= 0.6 is 0 Å². The van der Waals surface area contributed by atoms with Crippen LogP contribution in [0.5, 0.6) is 0 Å². The Morgan fingerprint density at radius 1 is 1.22 bits per heavy atom. The lowest BCUT2D eigenvalue weighted by Gasteiger charge is -2.65. The second-order valence-electron chi connectivity index (χ2n) is 9.81. The number of allylic oxidation sites excluding steroid dienone is 2. The molecular formula is C22H30O5. The molecule has 5 heteroatoms. The maximum absolute atomic E-state index is 12.3. The van der Waals surface area contributed by atoms with Gasteiger partial charge in [-0.25, -0.2) is 0 Å². The summed E-state index contributed by atoms with van der Waals surface area (Å²) in [7, 11) is 0. The van der Waals surface area contributed by atoms with Crippen molar-refractivity contribution in [2.24, 2.45) is 28.6 Å². The fraction of sp³-hybridized carbons (Fsp3) is 0.727. The molecule has 0 aliphatic heterocycles. The summed E-state index contributed by atoms with van der Waals surface area (Å²) >= 11 is 0. The molecule has 4 aliphatic rings. The van der Waals surface area contributed by atoms with Crippen LogP contribution in [0.15, 0.2) is 23.8 Å². The summed E-state index contributed by atoms with van der Waals surface area (Å²) in [6.45, 7) is 7.28. The lowest BCUT2D eigenvalue weighted by molar-refractivity contribution is -0.251. The fourth-order valence-corrected chi connectivity index (χ4v) is 7.23. The van der Waals surface area contributed by atoms with Crippen LogP contribution in [0.4, 0.5) is 0 Å². The van der Waals surface area contributed by atoms with E-state index in [1.165, 1.54) is 13.0 Å². The van der Waals surface area contributed by atoms with E-state index in [4.69, 9.17) is 0 Å². The standard InChI is InChI=1S/C22H30O5/c1-12-9-17-15-6-8-21(26,13(2)23)20(15,4)11-18(25)22(17,27)19(3)7-5-14(24)10-16(12)19/h5,7,10,12,15,17-18,25-27H,6,8-9,11H2,1-4H3/t12?,15-,17-,18?,19-,20-,21-,22-/m0/s1. The highest BCUT2D eigenvalue weighted by molar-refractivity contribution is 6.01. The van der Waals surface area contributed by atoms with Crippen LogP contribution < -0.4 is 0 Å². The van der Waals surface area contributed by atoms with E-state index in [2.05, 4.69) is 6.92 Å². The summed E-state index contributed by atoms with van der Waals surface area (Å²) in [4.78, 5) is 24.3. The van der Waals surface area contributed by atoms with Gasteiger partial charge in [0.1, 0.15) is 11.2 Å². The molecule has 0 aromatic heterocycles. The number of carbonyl (C=O) groups excluding carboxylic acids is 2. The normalized spacial score (nSPS) is 54.0. The average molecular weight is 374 g/mol. The lowest BCUT2D eigenvalue weighted by atomic mass is 9.42. The average Bonchev–Trinajstić information content (AvgIpc) is 2.85. The third kappa shape index (κ3) is 2.00. The van der Waals surface area contributed by atoms with Crippen molar-refractivity contribution >= 4 is 11.6 Å². The Kier molecular flexibility index (Phi) is 3.81. The summed E-state index contributed by atoms with van der Waals surface area (Å²) in [5.74, 6) is -0.585. The molecule has 0 radical (unpaired) electrons. The topological polar surface area (TPSA) is 94.8 Å². The van der Waals surface area contributed by atoms with E-state index in [9.17, 15) is 24.9 Å². The summed E-state index contributed by atoms with van der Waals surface area (Å²) in [5, 5.41) is 34.4. The van der Waals surface area contributed by atoms with Crippen molar-refractivity contribution in [2.75, 3.05) is 0 Å². The molecule has 2 unspecified atom stereocenters. The van der Waals surface area contributed by atoms with Gasteiger partial charge in [-0.3, -0.25) is 9.59 Å². The van der Waals surface area contributed by atoms with Gasteiger partial charge in [-0.1, -0.05) is 25.5 Å². The Bertz CT molecular complexity index is 784. The highest BCUT2D eigenvalue weighted by atomic mass is 16.3. The molecule has 0 spiro atoms. The first-order valence-corrected chi connectivity index (χ1v) is 10.0. The Hall–Kier alpha value is -1.30. The lowest BCUT2D eigenvalue weighted by Crippen LogP contribution is -2.71. The summed E-state index contributed by atoms with van der Waals surface area (Å²) in [6.07, 6.45) is 5.57. The van der Waals surface area contributed by atoms with Gasteiger partial charge in [0.15, 0.2) is 11.6 Å². The number of carbonyl (C=O) groups is 2. The number of Topliss-reactive ketones (excluding diaryl/α,β-unsaturated/α-hetero) is 1. The van der Waals surface area contributed by atoms with Gasteiger partial charge in [0.05, 0.1) is 6.10 Å². The Balaban J connectivity index is 1.86. The van der Waals surface area contributed by atoms with Crippen LogP contribution in [0.2, 0.25) is 0 Å². The van der Waals surface area contributed by atoms with Crippen LogP contribution in [-0.2, 0) is 9.59 Å². The predicted octanol–water partition coefficient (Wildman–Crippen LogP) is 1.95. The van der Waals surface area contributed by atoms with Crippen molar-refractivity contribution in [1.29, 1.82) is 0 Å². The van der Waals surface area contributed by atoms with Gasteiger partial charge in [-0.2, -0.15) is 0 Å². The van der Waals surface area contributed by atoms with E-state index in [-0.39, 0.29) is 35.7 Å². The molecule has 3 N–H and O–H groups in total. The SMILES string of the molecule is CC(=O)[C@@]1(O)CC[C@H]2[C@@H]3CC(C)C4=CC(=O)C=C[C@]4(C)[C@@]3(O)C(O)C[C@@]21C. The molecule has 3 saturated carbocycles. The van der Waals surface area contributed by atoms with Crippen LogP contribution in [0.1, 0.15) is 53.4 Å². The number of rotatable bonds is 1. The van der Waals surface area contributed by atoms with E-state index in [0.717, 1.165) is 5.57 Å². The van der Waals surface area contributed by atoms with Crippen molar-refractivity contribution in [3.63, 3.8) is 0 Å². The first-order chi connectivity index (χ1) is 12.4. The van der Waals surface area contributed by atoms with Gasteiger partial charge < -0.3 is 15.3 Å². The Morgan fingerprint density at radius 2 is 1.89 bits per heavy atom. The smallest absolute Gasteiger partial charge is 0.178 e.